The third kappa shape index (κ3) is 2.50. The van der Waals surface area contributed by atoms with Gasteiger partial charge in [0.25, 0.3) is 0 Å². The zero-order valence-electron chi connectivity index (χ0n) is 10.9. The summed E-state index contributed by atoms with van der Waals surface area (Å²) in [6.07, 6.45) is 0. The molecule has 0 saturated heterocycles. The number of hydrogen-bond acceptors (Lipinski definition) is 3. The fourth-order valence-corrected chi connectivity index (χ4v) is 2.28. The zero-order chi connectivity index (χ0) is 14.0. The first-order valence-corrected chi connectivity index (χ1v) is 6.05. The molecule has 1 heterocycles. The van der Waals surface area contributed by atoms with Crippen molar-refractivity contribution in [2.75, 3.05) is 0 Å². The highest BCUT2D eigenvalue weighted by Gasteiger charge is 2.16. The van der Waals surface area contributed by atoms with Crippen LogP contribution in [0, 0.1) is 19.7 Å². The number of aryl methyl sites for hydroxylation is 2. The van der Waals surface area contributed by atoms with E-state index < -0.39 is 0 Å². The van der Waals surface area contributed by atoms with Crippen LogP contribution < -0.4 is 0 Å². The van der Waals surface area contributed by atoms with Crippen LogP contribution in [-0.4, -0.2) is 15.2 Å². The van der Waals surface area contributed by atoms with Gasteiger partial charge in [0.1, 0.15) is 5.82 Å². The summed E-state index contributed by atoms with van der Waals surface area (Å²) in [7, 11) is 0. The molecule has 2 aromatic rings. The van der Waals surface area contributed by atoms with Gasteiger partial charge in [-0.25, -0.2) is 4.39 Å². The van der Waals surface area contributed by atoms with Gasteiger partial charge in [-0.1, -0.05) is 12.1 Å². The lowest BCUT2D eigenvalue weighted by Gasteiger charge is -2.17. The minimum absolute atomic E-state index is 0.168. The van der Waals surface area contributed by atoms with Crippen LogP contribution >= 0.6 is 0 Å². The van der Waals surface area contributed by atoms with Crippen molar-refractivity contribution < 1.29 is 14.6 Å². The van der Waals surface area contributed by atoms with Crippen molar-refractivity contribution in [1.29, 1.82) is 0 Å². The van der Waals surface area contributed by atoms with E-state index in [1.54, 1.807) is 12.1 Å². The minimum atomic E-state index is -0.317. The van der Waals surface area contributed by atoms with Gasteiger partial charge >= 0.3 is 0 Å². The monoisotopic (exact) mass is 261 g/mol. The number of benzene rings is 1. The quantitative estimate of drug-likeness (QED) is 0.892. The van der Waals surface area contributed by atoms with Gasteiger partial charge in [-0.2, -0.15) is 0 Å². The van der Waals surface area contributed by atoms with Crippen LogP contribution in [-0.2, 0) is 13.2 Å². The lowest BCUT2D eigenvalue weighted by Crippen LogP contribution is -2.05. The Labute approximate surface area is 111 Å². The normalized spacial score (nSPS) is 10.8. The molecule has 0 saturated carbocycles. The third-order valence-electron chi connectivity index (χ3n) is 3.26. The maximum absolute atomic E-state index is 13.0. The SMILES string of the molecule is Cc1nc(C)c(CO)c(-c2ccc(F)cc2)c1CO. The Kier molecular flexibility index (Phi) is 3.93. The van der Waals surface area contributed by atoms with E-state index in [2.05, 4.69) is 4.98 Å². The fraction of sp³-hybridized carbons (Fsp3) is 0.267. The average molecular weight is 261 g/mol. The Bertz CT molecular complexity index is 566. The molecule has 0 spiro atoms. The number of hydrogen-bond donors (Lipinski definition) is 2. The van der Waals surface area contributed by atoms with Gasteiger partial charge in [0.2, 0.25) is 0 Å². The Hall–Kier alpha value is -1.78. The minimum Gasteiger partial charge on any atom is -0.392 e. The zero-order valence-corrected chi connectivity index (χ0v) is 10.9. The van der Waals surface area contributed by atoms with E-state index in [1.807, 2.05) is 13.8 Å². The Morgan fingerprint density at radius 3 is 1.84 bits per heavy atom. The molecular formula is C15H16FNO2. The predicted octanol–water partition coefficient (Wildman–Crippen LogP) is 2.49. The largest absolute Gasteiger partial charge is 0.392 e. The summed E-state index contributed by atoms with van der Waals surface area (Å²) in [6.45, 7) is 3.29. The van der Waals surface area contributed by atoms with Crippen molar-refractivity contribution >= 4 is 0 Å². The van der Waals surface area contributed by atoms with E-state index in [0.717, 1.165) is 22.5 Å². The predicted molar refractivity (Wildman–Crippen MR) is 71.0 cm³/mol. The van der Waals surface area contributed by atoms with Gasteiger partial charge in [0.05, 0.1) is 13.2 Å². The smallest absolute Gasteiger partial charge is 0.123 e. The summed E-state index contributed by atoms with van der Waals surface area (Å²) in [5, 5.41) is 19.1. The van der Waals surface area contributed by atoms with Crippen molar-refractivity contribution in [3.05, 3.63) is 52.6 Å². The number of aliphatic hydroxyl groups excluding tert-OH is 2. The maximum atomic E-state index is 13.0. The third-order valence-corrected chi connectivity index (χ3v) is 3.26. The Morgan fingerprint density at radius 2 is 1.42 bits per heavy atom. The number of rotatable bonds is 3. The number of aromatic nitrogens is 1. The molecule has 0 atom stereocenters. The summed E-state index contributed by atoms with van der Waals surface area (Å²) in [6, 6.07) is 6.01. The molecule has 0 fully saturated rings. The maximum Gasteiger partial charge on any atom is 0.123 e. The Morgan fingerprint density at radius 1 is 0.947 bits per heavy atom. The molecule has 0 aliphatic carbocycles. The summed E-state index contributed by atoms with van der Waals surface area (Å²) >= 11 is 0. The van der Waals surface area contributed by atoms with E-state index in [-0.39, 0.29) is 19.0 Å². The van der Waals surface area contributed by atoms with Crippen molar-refractivity contribution in [3.63, 3.8) is 0 Å². The summed E-state index contributed by atoms with van der Waals surface area (Å²) < 4.78 is 13.0. The van der Waals surface area contributed by atoms with Crippen molar-refractivity contribution in [2.24, 2.45) is 0 Å². The molecule has 2 rings (SSSR count). The highest BCUT2D eigenvalue weighted by atomic mass is 19.1. The van der Waals surface area contributed by atoms with E-state index in [4.69, 9.17) is 0 Å². The van der Waals surface area contributed by atoms with E-state index in [0.29, 0.717) is 11.1 Å². The summed E-state index contributed by atoms with van der Waals surface area (Å²) in [5.41, 5.74) is 4.29. The topological polar surface area (TPSA) is 53.4 Å². The van der Waals surface area contributed by atoms with Gasteiger partial charge in [-0.15, -0.1) is 0 Å². The molecule has 1 aromatic carbocycles. The summed E-state index contributed by atoms with van der Waals surface area (Å²) in [4.78, 5) is 4.32. The highest BCUT2D eigenvalue weighted by Crippen LogP contribution is 2.31. The molecule has 19 heavy (non-hydrogen) atoms. The van der Waals surface area contributed by atoms with Crippen LogP contribution in [0.1, 0.15) is 22.5 Å². The molecular weight excluding hydrogens is 245 g/mol. The van der Waals surface area contributed by atoms with Crippen LogP contribution in [0.15, 0.2) is 24.3 Å². The average Bonchev–Trinajstić information content (AvgIpc) is 2.39. The van der Waals surface area contributed by atoms with Crippen LogP contribution in [0.3, 0.4) is 0 Å². The first-order valence-electron chi connectivity index (χ1n) is 6.05. The van der Waals surface area contributed by atoms with Gasteiger partial charge in [0.15, 0.2) is 0 Å². The van der Waals surface area contributed by atoms with Crippen LogP contribution in [0.25, 0.3) is 11.1 Å². The molecule has 100 valence electrons. The second-order valence-electron chi connectivity index (χ2n) is 4.44. The van der Waals surface area contributed by atoms with Crippen molar-refractivity contribution in [3.8, 4) is 11.1 Å². The van der Waals surface area contributed by atoms with Gasteiger partial charge in [-0.3, -0.25) is 4.98 Å². The molecule has 0 aliphatic heterocycles. The lowest BCUT2D eigenvalue weighted by atomic mass is 9.93. The van der Waals surface area contributed by atoms with Crippen molar-refractivity contribution in [2.45, 2.75) is 27.1 Å². The molecule has 1 aromatic heterocycles. The van der Waals surface area contributed by atoms with Gasteiger partial charge < -0.3 is 10.2 Å². The molecule has 2 N–H and O–H groups in total. The standard InChI is InChI=1S/C15H16FNO2/c1-9-13(7-18)15(14(8-19)10(2)17-9)11-3-5-12(16)6-4-11/h3-6,18-19H,7-8H2,1-2H3. The number of halogens is 1. The molecule has 0 amide bonds. The molecule has 0 unspecified atom stereocenters. The lowest BCUT2D eigenvalue weighted by molar-refractivity contribution is 0.274. The number of pyridine rings is 1. The van der Waals surface area contributed by atoms with Crippen molar-refractivity contribution in [1.82, 2.24) is 4.98 Å². The Balaban J connectivity index is 2.75. The second-order valence-corrected chi connectivity index (χ2v) is 4.44. The molecule has 0 radical (unpaired) electrons. The van der Waals surface area contributed by atoms with Gasteiger partial charge in [0, 0.05) is 22.5 Å². The summed E-state index contributed by atoms with van der Waals surface area (Å²) in [5.74, 6) is -0.317. The van der Waals surface area contributed by atoms with Gasteiger partial charge in [-0.05, 0) is 37.1 Å². The van der Waals surface area contributed by atoms with E-state index >= 15 is 0 Å². The molecule has 3 nitrogen and oxygen atoms in total. The number of nitrogens with zero attached hydrogens (tertiary/aromatic N) is 1. The highest BCUT2D eigenvalue weighted by molar-refractivity contribution is 5.72. The van der Waals surface area contributed by atoms with Crippen LogP contribution in [0.4, 0.5) is 4.39 Å². The van der Waals surface area contributed by atoms with Crippen LogP contribution in [0.5, 0.6) is 0 Å². The van der Waals surface area contributed by atoms with E-state index in [9.17, 15) is 14.6 Å². The molecule has 4 heteroatoms. The first kappa shape index (κ1) is 13.6. The second kappa shape index (κ2) is 5.47. The molecule has 0 bridgehead atoms. The first-order chi connectivity index (χ1) is 9.08. The van der Waals surface area contributed by atoms with E-state index in [1.165, 1.54) is 12.1 Å². The molecule has 0 aliphatic rings. The van der Waals surface area contributed by atoms with Crippen LogP contribution in [0.2, 0.25) is 0 Å². The fourth-order valence-electron chi connectivity index (χ4n) is 2.28. The number of aliphatic hydroxyl groups is 2.